The largest absolute Gasteiger partial charge is 0.497 e. The maximum atomic E-state index is 13.3. The number of methoxy groups -OCH3 is 1. The van der Waals surface area contributed by atoms with Crippen LogP contribution < -0.4 is 15.0 Å². The number of carbonyl (C=O) groups excluding carboxylic acids is 1. The summed E-state index contributed by atoms with van der Waals surface area (Å²) < 4.78 is 7.65. The normalized spacial score (nSPS) is 21.0. The van der Waals surface area contributed by atoms with Crippen LogP contribution in [0.4, 0.5) is 16.2 Å². The Morgan fingerprint density at radius 3 is 2.34 bits per heavy atom. The van der Waals surface area contributed by atoms with Gasteiger partial charge in [-0.2, -0.15) is 0 Å². The molecule has 3 aromatic rings. The zero-order chi connectivity index (χ0) is 26.6. The second kappa shape index (κ2) is 11.6. The fourth-order valence-electron chi connectivity index (χ4n) is 6.28. The predicted octanol–water partition coefficient (Wildman–Crippen LogP) is 6.02. The second-order valence-electron chi connectivity index (χ2n) is 10.9. The van der Waals surface area contributed by atoms with Crippen LogP contribution in [0.1, 0.15) is 69.6 Å². The highest BCUT2D eigenvalue weighted by atomic mass is 16.5. The number of para-hydroxylation sites is 1. The molecule has 2 aromatic carbocycles. The van der Waals surface area contributed by atoms with Crippen molar-refractivity contribution in [2.75, 3.05) is 30.4 Å². The number of amides is 2. The summed E-state index contributed by atoms with van der Waals surface area (Å²) in [5.41, 5.74) is 1.66. The number of nitrogens with one attached hydrogen (secondary N) is 1. The number of rotatable bonds is 9. The average Bonchev–Trinajstić information content (AvgIpc) is 3.42. The molecule has 3 atom stereocenters. The summed E-state index contributed by atoms with van der Waals surface area (Å²) in [7, 11) is 1.64. The maximum Gasteiger partial charge on any atom is 0.326 e. The van der Waals surface area contributed by atoms with Gasteiger partial charge in [0.1, 0.15) is 17.4 Å². The maximum absolute atomic E-state index is 13.3. The Bertz CT molecular complexity index is 1200. The highest BCUT2D eigenvalue weighted by Crippen LogP contribution is 2.42. The van der Waals surface area contributed by atoms with Crippen LogP contribution in [0.3, 0.4) is 0 Å². The smallest absolute Gasteiger partial charge is 0.326 e. The SMILES string of the molecule is COc1ccc(NC(=O)N(CCCN2[C@@H]3CC[C@H]2CC(n2c(C)nnc2C(C)C)C3)c2ccccc2)cc1. The lowest BCUT2D eigenvalue weighted by Gasteiger charge is -2.40. The number of hydrogen-bond donors (Lipinski definition) is 1. The molecular formula is C30H40N6O2. The van der Waals surface area contributed by atoms with Crippen molar-refractivity contribution in [2.24, 2.45) is 0 Å². The van der Waals surface area contributed by atoms with Crippen LogP contribution in [-0.4, -0.2) is 58.0 Å². The molecule has 8 heteroatoms. The fraction of sp³-hybridized carbons (Fsp3) is 0.500. The molecule has 202 valence electrons. The van der Waals surface area contributed by atoms with Crippen molar-refractivity contribution in [3.63, 3.8) is 0 Å². The van der Waals surface area contributed by atoms with Gasteiger partial charge in [-0.15, -0.1) is 10.2 Å². The molecule has 0 aliphatic carbocycles. The summed E-state index contributed by atoms with van der Waals surface area (Å²) in [6.07, 6.45) is 5.72. The lowest BCUT2D eigenvalue weighted by atomic mass is 9.96. The van der Waals surface area contributed by atoms with E-state index in [4.69, 9.17) is 4.74 Å². The first kappa shape index (κ1) is 26.2. The van der Waals surface area contributed by atoms with Crippen LogP contribution in [0, 0.1) is 6.92 Å². The van der Waals surface area contributed by atoms with Crippen LogP contribution in [0.5, 0.6) is 5.75 Å². The third-order valence-corrected chi connectivity index (χ3v) is 8.09. The Morgan fingerprint density at radius 2 is 1.71 bits per heavy atom. The minimum atomic E-state index is -0.118. The monoisotopic (exact) mass is 516 g/mol. The standard InChI is InChI=1S/C30H40N6O2/c1-21(2)29-33-32-22(3)36(29)27-19-25-13-14-26(20-27)34(25)17-8-18-35(24-9-6-5-7-10-24)30(37)31-23-11-15-28(38-4)16-12-23/h5-7,9-12,15-16,21,25-27H,8,13-14,17-20H2,1-4H3,(H,31,37)/t25-,26+,27?. The molecule has 1 N–H and O–H groups in total. The molecule has 0 spiro atoms. The predicted molar refractivity (Wildman–Crippen MR) is 151 cm³/mol. The number of nitrogens with zero attached hydrogens (tertiary/aromatic N) is 5. The molecule has 0 saturated carbocycles. The van der Waals surface area contributed by atoms with E-state index in [1.54, 1.807) is 7.11 Å². The Balaban J connectivity index is 1.22. The molecule has 2 aliphatic rings. The van der Waals surface area contributed by atoms with E-state index in [9.17, 15) is 4.79 Å². The number of anilines is 2. The zero-order valence-corrected chi connectivity index (χ0v) is 23.0. The van der Waals surface area contributed by atoms with Crippen molar-refractivity contribution in [2.45, 2.75) is 76.9 Å². The van der Waals surface area contributed by atoms with E-state index in [2.05, 4.69) is 45.8 Å². The molecule has 0 radical (unpaired) electrons. The van der Waals surface area contributed by atoms with Gasteiger partial charge < -0.3 is 14.6 Å². The number of hydrogen-bond acceptors (Lipinski definition) is 5. The van der Waals surface area contributed by atoms with E-state index < -0.39 is 0 Å². The molecule has 2 fully saturated rings. The van der Waals surface area contributed by atoms with Gasteiger partial charge in [-0.25, -0.2) is 4.79 Å². The zero-order valence-electron chi connectivity index (χ0n) is 23.0. The minimum Gasteiger partial charge on any atom is -0.497 e. The van der Waals surface area contributed by atoms with Gasteiger partial charge in [0.15, 0.2) is 0 Å². The number of benzene rings is 2. The summed E-state index contributed by atoms with van der Waals surface area (Å²) >= 11 is 0. The lowest BCUT2D eigenvalue weighted by Crippen LogP contribution is -2.45. The van der Waals surface area contributed by atoms with Crippen molar-refractivity contribution in [1.82, 2.24) is 19.7 Å². The van der Waals surface area contributed by atoms with E-state index in [1.165, 1.54) is 12.8 Å². The summed E-state index contributed by atoms with van der Waals surface area (Å²) in [6.45, 7) is 8.15. The summed E-state index contributed by atoms with van der Waals surface area (Å²) in [6, 6.07) is 18.9. The van der Waals surface area contributed by atoms with Gasteiger partial charge in [-0.3, -0.25) is 9.80 Å². The van der Waals surface area contributed by atoms with Gasteiger partial charge in [0.05, 0.1) is 7.11 Å². The van der Waals surface area contributed by atoms with Crippen molar-refractivity contribution in [3.05, 3.63) is 66.2 Å². The highest BCUT2D eigenvalue weighted by molar-refractivity contribution is 6.01. The molecule has 2 bridgehead atoms. The quantitative estimate of drug-likeness (QED) is 0.377. The minimum absolute atomic E-state index is 0.118. The van der Waals surface area contributed by atoms with E-state index >= 15 is 0 Å². The fourth-order valence-corrected chi connectivity index (χ4v) is 6.28. The number of piperidine rings is 1. The van der Waals surface area contributed by atoms with Crippen LogP contribution in [0.15, 0.2) is 54.6 Å². The number of carbonyl (C=O) groups is 1. The number of aromatic nitrogens is 3. The first-order valence-electron chi connectivity index (χ1n) is 13.9. The van der Waals surface area contributed by atoms with Gasteiger partial charge in [0, 0.05) is 48.5 Å². The van der Waals surface area contributed by atoms with E-state index in [-0.39, 0.29) is 6.03 Å². The molecule has 8 nitrogen and oxygen atoms in total. The Hall–Kier alpha value is -3.39. The summed E-state index contributed by atoms with van der Waals surface area (Å²) in [5, 5.41) is 11.9. The first-order chi connectivity index (χ1) is 18.4. The average molecular weight is 517 g/mol. The van der Waals surface area contributed by atoms with E-state index in [0.29, 0.717) is 30.6 Å². The van der Waals surface area contributed by atoms with Gasteiger partial charge in [-0.05, 0) is 75.4 Å². The van der Waals surface area contributed by atoms with Crippen molar-refractivity contribution < 1.29 is 9.53 Å². The number of aryl methyl sites for hydroxylation is 1. The third-order valence-electron chi connectivity index (χ3n) is 8.09. The Labute approximate surface area is 226 Å². The summed E-state index contributed by atoms with van der Waals surface area (Å²) in [5.74, 6) is 3.29. The molecule has 38 heavy (non-hydrogen) atoms. The summed E-state index contributed by atoms with van der Waals surface area (Å²) in [4.78, 5) is 17.9. The van der Waals surface area contributed by atoms with Crippen LogP contribution in [-0.2, 0) is 0 Å². The van der Waals surface area contributed by atoms with Crippen molar-refractivity contribution in [1.29, 1.82) is 0 Å². The lowest BCUT2D eigenvalue weighted by molar-refractivity contribution is 0.104. The number of urea groups is 1. The Kier molecular flexibility index (Phi) is 7.98. The third kappa shape index (κ3) is 5.55. The van der Waals surface area contributed by atoms with Crippen molar-refractivity contribution >= 4 is 17.4 Å². The van der Waals surface area contributed by atoms with Gasteiger partial charge >= 0.3 is 6.03 Å². The van der Waals surface area contributed by atoms with Crippen LogP contribution in [0.25, 0.3) is 0 Å². The molecule has 5 rings (SSSR count). The number of fused-ring (bicyclic) bond motifs is 2. The molecule has 3 heterocycles. The van der Waals surface area contributed by atoms with Crippen LogP contribution >= 0.6 is 0 Å². The second-order valence-corrected chi connectivity index (χ2v) is 10.9. The first-order valence-corrected chi connectivity index (χ1v) is 13.9. The van der Waals surface area contributed by atoms with Gasteiger partial charge in [-0.1, -0.05) is 32.0 Å². The molecule has 1 unspecified atom stereocenters. The number of ether oxygens (including phenoxy) is 1. The highest BCUT2D eigenvalue weighted by Gasteiger charge is 2.42. The molecule has 2 aliphatic heterocycles. The van der Waals surface area contributed by atoms with Crippen LogP contribution in [0.2, 0.25) is 0 Å². The Morgan fingerprint density at radius 1 is 1.03 bits per heavy atom. The van der Waals surface area contributed by atoms with Gasteiger partial charge in [0.2, 0.25) is 0 Å². The molecule has 1 aromatic heterocycles. The molecular weight excluding hydrogens is 476 g/mol. The van der Waals surface area contributed by atoms with Gasteiger partial charge in [0.25, 0.3) is 0 Å². The molecule has 2 amide bonds. The van der Waals surface area contributed by atoms with Crippen molar-refractivity contribution in [3.8, 4) is 5.75 Å². The molecule has 2 saturated heterocycles. The topological polar surface area (TPSA) is 75.5 Å². The van der Waals surface area contributed by atoms with E-state index in [1.807, 2.05) is 59.5 Å². The van der Waals surface area contributed by atoms with E-state index in [0.717, 1.165) is 54.6 Å².